The Morgan fingerprint density at radius 1 is 1.38 bits per heavy atom. The summed E-state index contributed by atoms with van der Waals surface area (Å²) in [6.07, 6.45) is 0. The summed E-state index contributed by atoms with van der Waals surface area (Å²) in [7, 11) is 0. The second kappa shape index (κ2) is 4.27. The molecule has 0 unspecified atom stereocenters. The maximum atomic E-state index is 5.38. The van der Waals surface area contributed by atoms with Crippen LogP contribution in [0.3, 0.4) is 0 Å². The Bertz CT molecular complexity index is 446. The molecule has 0 radical (unpaired) electrons. The van der Waals surface area contributed by atoms with Gasteiger partial charge in [0.1, 0.15) is 5.69 Å². The molecule has 2 aromatic heterocycles. The average molecular weight is 235 g/mol. The van der Waals surface area contributed by atoms with Crippen molar-refractivity contribution in [3.63, 3.8) is 0 Å². The van der Waals surface area contributed by atoms with E-state index in [4.69, 9.17) is 4.52 Å². The van der Waals surface area contributed by atoms with E-state index in [1.807, 2.05) is 12.1 Å². The lowest BCUT2D eigenvalue weighted by molar-refractivity contribution is 0.409. The van der Waals surface area contributed by atoms with Gasteiger partial charge in [0.25, 0.3) is 0 Å². The highest BCUT2D eigenvalue weighted by molar-refractivity contribution is 7.13. The molecule has 0 aliphatic carbocycles. The largest absolute Gasteiger partial charge is 0.338 e. The van der Waals surface area contributed by atoms with Crippen molar-refractivity contribution < 1.29 is 4.52 Å². The Labute approximate surface area is 97.9 Å². The number of piperazine rings is 1. The SMILES string of the molecule is c1csc(-c2cc(N3CCNCC3)on2)c1. The van der Waals surface area contributed by atoms with E-state index in [1.165, 1.54) is 0 Å². The summed E-state index contributed by atoms with van der Waals surface area (Å²) >= 11 is 1.68. The monoisotopic (exact) mass is 235 g/mol. The van der Waals surface area contributed by atoms with Gasteiger partial charge in [-0.15, -0.1) is 11.3 Å². The fourth-order valence-corrected chi connectivity index (χ4v) is 2.52. The first-order chi connectivity index (χ1) is 7.93. The van der Waals surface area contributed by atoms with Crippen LogP contribution in [-0.2, 0) is 0 Å². The van der Waals surface area contributed by atoms with Crippen molar-refractivity contribution in [1.29, 1.82) is 0 Å². The zero-order chi connectivity index (χ0) is 10.8. The molecule has 0 spiro atoms. The predicted octanol–water partition coefficient (Wildman–Crippen LogP) is 1.81. The van der Waals surface area contributed by atoms with Gasteiger partial charge in [0.05, 0.1) is 4.88 Å². The topological polar surface area (TPSA) is 41.3 Å². The summed E-state index contributed by atoms with van der Waals surface area (Å²) in [5.41, 5.74) is 0.934. The minimum absolute atomic E-state index is 0.880. The second-order valence-corrected chi connectivity index (χ2v) is 4.71. The van der Waals surface area contributed by atoms with Gasteiger partial charge in [-0.1, -0.05) is 11.2 Å². The summed E-state index contributed by atoms with van der Waals surface area (Å²) in [6, 6.07) is 6.11. The molecule has 5 heteroatoms. The molecule has 3 heterocycles. The summed E-state index contributed by atoms with van der Waals surface area (Å²) in [5.74, 6) is 0.880. The number of hydrogen-bond donors (Lipinski definition) is 1. The van der Waals surface area contributed by atoms with Crippen LogP contribution in [0.4, 0.5) is 5.88 Å². The van der Waals surface area contributed by atoms with E-state index >= 15 is 0 Å². The molecular formula is C11H13N3OS. The molecule has 1 aliphatic heterocycles. The van der Waals surface area contributed by atoms with Crippen LogP contribution in [-0.4, -0.2) is 31.3 Å². The minimum atomic E-state index is 0.880. The van der Waals surface area contributed by atoms with Crippen LogP contribution in [0.2, 0.25) is 0 Å². The van der Waals surface area contributed by atoms with Gasteiger partial charge in [-0.25, -0.2) is 0 Å². The van der Waals surface area contributed by atoms with Crippen LogP contribution < -0.4 is 10.2 Å². The van der Waals surface area contributed by atoms with Crippen molar-refractivity contribution in [2.24, 2.45) is 0 Å². The second-order valence-electron chi connectivity index (χ2n) is 3.76. The molecule has 0 bridgehead atoms. The fraction of sp³-hybridized carbons (Fsp3) is 0.364. The molecule has 0 aromatic carbocycles. The lowest BCUT2D eigenvalue weighted by Gasteiger charge is -2.25. The molecule has 2 aromatic rings. The van der Waals surface area contributed by atoms with Gasteiger partial charge in [0, 0.05) is 32.2 Å². The standard InChI is InChI=1S/C11H13N3OS/c1-2-10(16-7-1)9-8-11(15-13-9)14-5-3-12-4-6-14/h1-2,7-8,12H,3-6H2. The molecule has 0 amide bonds. The third kappa shape index (κ3) is 1.83. The molecule has 84 valence electrons. The number of nitrogens with zero attached hydrogens (tertiary/aromatic N) is 2. The van der Waals surface area contributed by atoms with Crippen LogP contribution >= 0.6 is 11.3 Å². The zero-order valence-electron chi connectivity index (χ0n) is 8.85. The number of anilines is 1. The molecular weight excluding hydrogens is 222 g/mol. The Morgan fingerprint density at radius 2 is 2.25 bits per heavy atom. The van der Waals surface area contributed by atoms with E-state index in [1.54, 1.807) is 11.3 Å². The Hall–Kier alpha value is -1.33. The molecule has 1 N–H and O–H groups in total. The van der Waals surface area contributed by atoms with E-state index in [2.05, 4.69) is 26.8 Å². The molecule has 0 atom stereocenters. The summed E-state index contributed by atoms with van der Waals surface area (Å²) in [6.45, 7) is 3.99. The van der Waals surface area contributed by atoms with Gasteiger partial charge in [-0.3, -0.25) is 0 Å². The van der Waals surface area contributed by atoms with Gasteiger partial charge in [0.2, 0.25) is 5.88 Å². The van der Waals surface area contributed by atoms with Crippen molar-refractivity contribution in [3.8, 4) is 10.6 Å². The van der Waals surface area contributed by atoms with Gasteiger partial charge >= 0.3 is 0 Å². The van der Waals surface area contributed by atoms with Gasteiger partial charge in [0.15, 0.2) is 0 Å². The van der Waals surface area contributed by atoms with Gasteiger partial charge in [-0.05, 0) is 11.4 Å². The first kappa shape index (κ1) is 9.86. The number of hydrogen-bond acceptors (Lipinski definition) is 5. The molecule has 1 fully saturated rings. The van der Waals surface area contributed by atoms with E-state index in [0.29, 0.717) is 0 Å². The van der Waals surface area contributed by atoms with Gasteiger partial charge in [-0.2, -0.15) is 0 Å². The van der Waals surface area contributed by atoms with Crippen LogP contribution in [0, 0.1) is 0 Å². The third-order valence-electron chi connectivity index (χ3n) is 2.70. The van der Waals surface area contributed by atoms with Crippen LogP contribution in [0.1, 0.15) is 0 Å². The maximum absolute atomic E-state index is 5.38. The Balaban J connectivity index is 1.82. The quantitative estimate of drug-likeness (QED) is 0.862. The number of rotatable bonds is 2. The number of thiophene rings is 1. The van der Waals surface area contributed by atoms with Crippen molar-refractivity contribution >= 4 is 17.2 Å². The van der Waals surface area contributed by atoms with Crippen LogP contribution in [0.5, 0.6) is 0 Å². The first-order valence-electron chi connectivity index (χ1n) is 5.40. The highest BCUT2D eigenvalue weighted by Crippen LogP contribution is 2.27. The smallest absolute Gasteiger partial charge is 0.227 e. The van der Waals surface area contributed by atoms with E-state index < -0.39 is 0 Å². The average Bonchev–Trinajstić information content (AvgIpc) is 3.01. The zero-order valence-corrected chi connectivity index (χ0v) is 9.67. The van der Waals surface area contributed by atoms with Gasteiger partial charge < -0.3 is 14.7 Å². The molecule has 0 saturated carbocycles. The lowest BCUT2D eigenvalue weighted by atomic mass is 10.3. The first-order valence-corrected chi connectivity index (χ1v) is 6.28. The van der Waals surface area contributed by atoms with Crippen molar-refractivity contribution in [2.75, 3.05) is 31.1 Å². The molecule has 1 saturated heterocycles. The molecule has 1 aliphatic rings. The van der Waals surface area contributed by atoms with Crippen LogP contribution in [0.15, 0.2) is 28.1 Å². The van der Waals surface area contributed by atoms with E-state index in [9.17, 15) is 0 Å². The Morgan fingerprint density at radius 3 is 3.00 bits per heavy atom. The van der Waals surface area contributed by atoms with Crippen molar-refractivity contribution in [1.82, 2.24) is 10.5 Å². The van der Waals surface area contributed by atoms with Crippen LogP contribution in [0.25, 0.3) is 10.6 Å². The third-order valence-corrected chi connectivity index (χ3v) is 3.59. The summed E-state index contributed by atoms with van der Waals surface area (Å²) in [4.78, 5) is 3.38. The predicted molar refractivity (Wildman–Crippen MR) is 64.9 cm³/mol. The normalized spacial score (nSPS) is 16.6. The van der Waals surface area contributed by atoms with Crippen molar-refractivity contribution in [2.45, 2.75) is 0 Å². The number of nitrogens with one attached hydrogen (secondary N) is 1. The molecule has 16 heavy (non-hydrogen) atoms. The molecule has 4 nitrogen and oxygen atoms in total. The highest BCUT2D eigenvalue weighted by Gasteiger charge is 2.15. The fourth-order valence-electron chi connectivity index (χ4n) is 1.84. The van der Waals surface area contributed by atoms with Crippen molar-refractivity contribution in [3.05, 3.63) is 23.6 Å². The molecule has 3 rings (SSSR count). The number of aromatic nitrogens is 1. The summed E-state index contributed by atoms with van der Waals surface area (Å²) in [5, 5.41) is 9.47. The van der Waals surface area contributed by atoms with E-state index in [-0.39, 0.29) is 0 Å². The lowest BCUT2D eigenvalue weighted by Crippen LogP contribution is -2.43. The minimum Gasteiger partial charge on any atom is -0.338 e. The maximum Gasteiger partial charge on any atom is 0.227 e. The summed E-state index contributed by atoms with van der Waals surface area (Å²) < 4.78 is 5.38. The Kier molecular flexibility index (Phi) is 2.63. The highest BCUT2D eigenvalue weighted by atomic mass is 32.1. The van der Waals surface area contributed by atoms with E-state index in [0.717, 1.165) is 42.6 Å².